The first-order chi connectivity index (χ1) is 7.29. The Morgan fingerprint density at radius 1 is 1.53 bits per heavy atom. The van der Waals surface area contributed by atoms with E-state index in [4.69, 9.17) is 0 Å². The van der Waals surface area contributed by atoms with Gasteiger partial charge < -0.3 is 10.6 Å². The highest BCUT2D eigenvalue weighted by Gasteiger charge is 2.27. The minimum absolute atomic E-state index is 0.585. The van der Waals surface area contributed by atoms with Crippen LogP contribution in [0.2, 0.25) is 0 Å². The van der Waals surface area contributed by atoms with Crippen molar-refractivity contribution in [3.8, 4) is 0 Å². The van der Waals surface area contributed by atoms with Gasteiger partial charge in [-0.25, -0.2) is 4.98 Å². The predicted molar refractivity (Wildman–Crippen MR) is 64.2 cm³/mol. The summed E-state index contributed by atoms with van der Waals surface area (Å²) in [6, 6.07) is 4.68. The third-order valence-electron chi connectivity index (χ3n) is 2.84. The van der Waals surface area contributed by atoms with Crippen LogP contribution < -0.4 is 10.6 Å². The molecule has 1 unspecified atom stereocenters. The zero-order valence-corrected chi connectivity index (χ0v) is 9.46. The van der Waals surface area contributed by atoms with Crippen LogP contribution in [-0.4, -0.2) is 17.6 Å². The van der Waals surface area contributed by atoms with Crippen LogP contribution in [0.25, 0.3) is 0 Å². The Hall–Kier alpha value is -1.25. The molecule has 15 heavy (non-hydrogen) atoms. The second-order valence-electron chi connectivity index (χ2n) is 4.23. The average Bonchev–Trinajstić information content (AvgIpc) is 3.01. The number of rotatable bonds is 5. The van der Waals surface area contributed by atoms with E-state index in [1.165, 1.54) is 18.5 Å². The highest BCUT2D eigenvalue weighted by molar-refractivity contribution is 5.52. The van der Waals surface area contributed by atoms with Crippen LogP contribution in [0.1, 0.15) is 26.7 Å². The van der Waals surface area contributed by atoms with Gasteiger partial charge in [0.05, 0.1) is 0 Å². The molecule has 1 aromatic rings. The zero-order chi connectivity index (χ0) is 10.7. The molecule has 1 aliphatic rings. The Morgan fingerprint density at radius 3 is 3.00 bits per heavy atom. The van der Waals surface area contributed by atoms with Crippen LogP contribution in [0, 0.1) is 5.92 Å². The summed E-state index contributed by atoms with van der Waals surface area (Å²) in [6.07, 6.45) is 4.60. The number of pyridine rings is 1. The molecule has 0 radical (unpaired) electrons. The molecule has 0 aromatic carbocycles. The Labute approximate surface area is 91.3 Å². The number of hydrogen-bond acceptors (Lipinski definition) is 3. The number of anilines is 2. The van der Waals surface area contributed by atoms with E-state index in [1.807, 2.05) is 12.3 Å². The van der Waals surface area contributed by atoms with Gasteiger partial charge in [-0.15, -0.1) is 0 Å². The first-order valence-corrected chi connectivity index (χ1v) is 5.76. The van der Waals surface area contributed by atoms with E-state index >= 15 is 0 Å². The van der Waals surface area contributed by atoms with Gasteiger partial charge in [-0.1, -0.05) is 0 Å². The fraction of sp³-hybridized carbons (Fsp3) is 0.583. The molecule has 2 N–H and O–H groups in total. The van der Waals surface area contributed by atoms with Crippen molar-refractivity contribution in [3.63, 3.8) is 0 Å². The van der Waals surface area contributed by atoms with Gasteiger partial charge in [-0.3, -0.25) is 0 Å². The summed E-state index contributed by atoms with van der Waals surface area (Å²) in [7, 11) is 0. The standard InChI is InChI=1S/C12H19N3/c1-3-13-12-8-11(6-7-14-12)15-9(2)10-4-5-10/h6-10H,3-5H2,1-2H3,(H2,13,14,15). The Morgan fingerprint density at radius 2 is 2.33 bits per heavy atom. The maximum Gasteiger partial charge on any atom is 0.127 e. The van der Waals surface area contributed by atoms with Gasteiger partial charge >= 0.3 is 0 Å². The van der Waals surface area contributed by atoms with Crippen molar-refractivity contribution in [2.45, 2.75) is 32.7 Å². The fourth-order valence-electron chi connectivity index (χ4n) is 1.78. The second kappa shape index (κ2) is 4.51. The molecule has 0 amide bonds. The maximum atomic E-state index is 4.25. The van der Waals surface area contributed by atoms with E-state index in [9.17, 15) is 0 Å². The van der Waals surface area contributed by atoms with Crippen LogP contribution in [0.3, 0.4) is 0 Å². The van der Waals surface area contributed by atoms with E-state index in [2.05, 4.69) is 35.5 Å². The van der Waals surface area contributed by atoms with Gasteiger partial charge in [0, 0.05) is 30.5 Å². The largest absolute Gasteiger partial charge is 0.382 e. The van der Waals surface area contributed by atoms with Crippen LogP contribution in [0.15, 0.2) is 18.3 Å². The Bertz CT molecular complexity index is 320. The number of nitrogens with zero attached hydrogens (tertiary/aromatic N) is 1. The van der Waals surface area contributed by atoms with E-state index in [0.717, 1.165) is 18.3 Å². The third-order valence-corrected chi connectivity index (χ3v) is 2.84. The van der Waals surface area contributed by atoms with Crippen LogP contribution >= 0.6 is 0 Å². The third kappa shape index (κ3) is 2.85. The van der Waals surface area contributed by atoms with E-state index in [0.29, 0.717) is 6.04 Å². The minimum Gasteiger partial charge on any atom is -0.382 e. The second-order valence-corrected chi connectivity index (χ2v) is 4.23. The molecule has 1 heterocycles. The highest BCUT2D eigenvalue weighted by atomic mass is 15.0. The highest BCUT2D eigenvalue weighted by Crippen LogP contribution is 2.34. The van der Waals surface area contributed by atoms with E-state index < -0.39 is 0 Å². The molecule has 3 heteroatoms. The molecule has 0 bridgehead atoms. The Balaban J connectivity index is 1.97. The van der Waals surface area contributed by atoms with E-state index in [-0.39, 0.29) is 0 Å². The molecule has 2 rings (SSSR count). The van der Waals surface area contributed by atoms with Crippen LogP contribution in [-0.2, 0) is 0 Å². The first-order valence-electron chi connectivity index (χ1n) is 5.76. The summed E-state index contributed by atoms with van der Waals surface area (Å²) < 4.78 is 0. The number of aromatic nitrogens is 1. The van der Waals surface area contributed by atoms with Gasteiger partial charge in [0.25, 0.3) is 0 Å². The first kappa shape index (κ1) is 10.3. The minimum atomic E-state index is 0.585. The summed E-state index contributed by atoms with van der Waals surface area (Å²) in [5.74, 6) is 1.83. The zero-order valence-electron chi connectivity index (χ0n) is 9.46. The lowest BCUT2D eigenvalue weighted by atomic mass is 10.2. The lowest BCUT2D eigenvalue weighted by Gasteiger charge is -2.14. The molecule has 1 saturated carbocycles. The van der Waals surface area contributed by atoms with Crippen molar-refractivity contribution in [2.75, 3.05) is 17.2 Å². The Kier molecular flexibility index (Phi) is 3.09. The van der Waals surface area contributed by atoms with Crippen molar-refractivity contribution in [1.29, 1.82) is 0 Å². The lowest BCUT2D eigenvalue weighted by Crippen LogP contribution is -2.17. The molecule has 3 nitrogen and oxygen atoms in total. The normalized spacial score (nSPS) is 17.2. The topological polar surface area (TPSA) is 37.0 Å². The molecule has 1 fully saturated rings. The van der Waals surface area contributed by atoms with Crippen molar-refractivity contribution in [1.82, 2.24) is 4.98 Å². The summed E-state index contributed by atoms with van der Waals surface area (Å²) in [4.78, 5) is 4.25. The molecule has 0 saturated heterocycles. The van der Waals surface area contributed by atoms with Gasteiger partial charge in [0.15, 0.2) is 0 Å². The van der Waals surface area contributed by atoms with Gasteiger partial charge in [-0.2, -0.15) is 0 Å². The summed E-state index contributed by atoms with van der Waals surface area (Å²) in [6.45, 7) is 5.24. The molecule has 0 aliphatic heterocycles. The van der Waals surface area contributed by atoms with E-state index in [1.54, 1.807) is 0 Å². The SMILES string of the molecule is CCNc1cc(NC(C)C2CC2)ccn1. The molecular formula is C12H19N3. The van der Waals surface area contributed by atoms with Crippen LogP contribution in [0.5, 0.6) is 0 Å². The molecule has 0 spiro atoms. The van der Waals surface area contributed by atoms with Crippen molar-refractivity contribution < 1.29 is 0 Å². The lowest BCUT2D eigenvalue weighted by molar-refractivity contribution is 0.694. The number of hydrogen-bond donors (Lipinski definition) is 2. The fourth-order valence-corrected chi connectivity index (χ4v) is 1.78. The van der Waals surface area contributed by atoms with Crippen molar-refractivity contribution >= 4 is 11.5 Å². The van der Waals surface area contributed by atoms with Crippen molar-refractivity contribution in [3.05, 3.63) is 18.3 Å². The maximum absolute atomic E-state index is 4.25. The van der Waals surface area contributed by atoms with Crippen LogP contribution in [0.4, 0.5) is 11.5 Å². The molecule has 1 aromatic heterocycles. The number of nitrogens with one attached hydrogen (secondary N) is 2. The van der Waals surface area contributed by atoms with Crippen molar-refractivity contribution in [2.24, 2.45) is 5.92 Å². The average molecular weight is 205 g/mol. The van der Waals surface area contributed by atoms with Gasteiger partial charge in [0.2, 0.25) is 0 Å². The monoisotopic (exact) mass is 205 g/mol. The summed E-state index contributed by atoms with van der Waals surface area (Å²) >= 11 is 0. The van der Waals surface area contributed by atoms with Gasteiger partial charge in [-0.05, 0) is 38.7 Å². The smallest absolute Gasteiger partial charge is 0.127 e. The molecule has 1 aliphatic carbocycles. The summed E-state index contributed by atoms with van der Waals surface area (Å²) in [5, 5.41) is 6.74. The van der Waals surface area contributed by atoms with Gasteiger partial charge in [0.1, 0.15) is 5.82 Å². The molecular weight excluding hydrogens is 186 g/mol. The quantitative estimate of drug-likeness (QED) is 0.776. The molecule has 1 atom stereocenters. The summed E-state index contributed by atoms with van der Waals surface area (Å²) in [5.41, 5.74) is 1.17. The predicted octanol–water partition coefficient (Wildman–Crippen LogP) is 2.72. The molecule has 82 valence electrons.